The Morgan fingerprint density at radius 2 is 1.69 bits per heavy atom. The molecule has 0 heterocycles. The van der Waals surface area contributed by atoms with E-state index in [1.165, 1.54) is 0 Å². The Balaban J connectivity index is 2.26. The zero-order valence-electron chi connectivity index (χ0n) is 10.2. The first-order valence-electron chi connectivity index (χ1n) is 5.76. The van der Waals surface area contributed by atoms with E-state index in [-0.39, 0.29) is 12.1 Å². The van der Waals surface area contributed by atoms with Gasteiger partial charge < -0.3 is 10.1 Å². The molecule has 16 heavy (non-hydrogen) atoms. The van der Waals surface area contributed by atoms with Crippen molar-refractivity contribution in [3.05, 3.63) is 0 Å². The van der Waals surface area contributed by atoms with E-state index < -0.39 is 5.60 Å². The standard InChI is InChI=1S/C11H21IN2O2/c1-11(2,3)16-10(15)13-8-4-6-9(14-12)7-5-8/h8-9,14H,4-7H2,1-3H3,(H,13,15)/t8-,9+. The summed E-state index contributed by atoms with van der Waals surface area (Å²) in [6.07, 6.45) is 3.99. The molecule has 1 amide bonds. The number of hydrogen-bond acceptors (Lipinski definition) is 3. The van der Waals surface area contributed by atoms with Gasteiger partial charge >= 0.3 is 6.09 Å². The molecule has 1 saturated carbocycles. The molecule has 0 aromatic heterocycles. The van der Waals surface area contributed by atoms with Crippen LogP contribution in [0.4, 0.5) is 4.79 Å². The van der Waals surface area contributed by atoms with Gasteiger partial charge in [0.05, 0.1) is 0 Å². The van der Waals surface area contributed by atoms with Gasteiger partial charge in [-0.15, -0.1) is 0 Å². The lowest BCUT2D eigenvalue weighted by atomic mass is 9.92. The van der Waals surface area contributed by atoms with Crippen molar-refractivity contribution in [2.45, 2.75) is 64.1 Å². The molecule has 1 aliphatic rings. The summed E-state index contributed by atoms with van der Waals surface area (Å²) < 4.78 is 8.47. The predicted octanol–water partition coefficient (Wildman–Crippen LogP) is 2.76. The van der Waals surface area contributed by atoms with Gasteiger partial charge in [0.2, 0.25) is 0 Å². The fourth-order valence-corrected chi connectivity index (χ4v) is 2.44. The third-order valence-corrected chi connectivity index (χ3v) is 3.48. The molecule has 0 aliphatic heterocycles. The van der Waals surface area contributed by atoms with Crippen molar-refractivity contribution in [3.8, 4) is 0 Å². The molecular weight excluding hydrogens is 319 g/mol. The summed E-state index contributed by atoms with van der Waals surface area (Å²) >= 11 is 2.20. The normalized spacial score (nSPS) is 26.2. The molecule has 0 atom stereocenters. The molecule has 0 aromatic rings. The molecule has 4 nitrogen and oxygen atoms in total. The first-order valence-corrected chi connectivity index (χ1v) is 6.84. The van der Waals surface area contributed by atoms with Crippen molar-refractivity contribution < 1.29 is 9.53 Å². The van der Waals surface area contributed by atoms with Gasteiger partial charge in [-0.1, -0.05) is 0 Å². The molecule has 0 bridgehead atoms. The van der Waals surface area contributed by atoms with Crippen LogP contribution in [-0.4, -0.2) is 23.8 Å². The lowest BCUT2D eigenvalue weighted by Gasteiger charge is -2.29. The van der Waals surface area contributed by atoms with Crippen LogP contribution in [0.25, 0.3) is 0 Å². The fraction of sp³-hybridized carbons (Fsp3) is 0.909. The zero-order valence-corrected chi connectivity index (χ0v) is 12.3. The summed E-state index contributed by atoms with van der Waals surface area (Å²) in [6, 6.07) is 0.869. The quantitative estimate of drug-likeness (QED) is 0.600. The average Bonchev–Trinajstić information content (AvgIpc) is 2.16. The molecular formula is C11H21IN2O2. The molecule has 2 N–H and O–H groups in total. The molecule has 0 unspecified atom stereocenters. The van der Waals surface area contributed by atoms with E-state index in [4.69, 9.17) is 4.74 Å². The molecule has 1 aliphatic carbocycles. The van der Waals surface area contributed by atoms with Crippen LogP contribution in [0.15, 0.2) is 0 Å². The maximum atomic E-state index is 11.5. The summed E-state index contributed by atoms with van der Waals surface area (Å²) in [5, 5.41) is 2.93. The third-order valence-electron chi connectivity index (χ3n) is 2.60. The van der Waals surface area contributed by atoms with Gasteiger partial charge in [0.15, 0.2) is 0 Å². The largest absolute Gasteiger partial charge is 0.444 e. The van der Waals surface area contributed by atoms with Gasteiger partial charge in [-0.2, -0.15) is 0 Å². The number of ether oxygens (including phenoxy) is 1. The highest BCUT2D eigenvalue weighted by Crippen LogP contribution is 2.19. The van der Waals surface area contributed by atoms with Gasteiger partial charge in [-0.05, 0) is 46.5 Å². The van der Waals surface area contributed by atoms with Crippen LogP contribution in [0.1, 0.15) is 46.5 Å². The van der Waals surface area contributed by atoms with E-state index in [9.17, 15) is 4.79 Å². The minimum atomic E-state index is -0.412. The zero-order chi connectivity index (χ0) is 12.2. The molecule has 1 rings (SSSR count). The molecule has 0 radical (unpaired) electrons. The molecule has 0 saturated heterocycles. The predicted molar refractivity (Wildman–Crippen MR) is 72.6 cm³/mol. The van der Waals surface area contributed by atoms with Crippen LogP contribution in [0.2, 0.25) is 0 Å². The number of carbonyl (C=O) groups is 1. The second-order valence-corrected chi connectivity index (χ2v) is 5.93. The molecule has 1 fully saturated rings. The number of carbonyl (C=O) groups excluding carboxylic acids is 1. The Morgan fingerprint density at radius 3 is 2.12 bits per heavy atom. The van der Waals surface area contributed by atoms with Crippen LogP contribution in [0, 0.1) is 0 Å². The SMILES string of the molecule is CC(C)(C)OC(=O)N[C@H]1CC[C@@H](NI)CC1. The van der Waals surface area contributed by atoms with Crippen LogP contribution in [0.5, 0.6) is 0 Å². The highest BCUT2D eigenvalue weighted by atomic mass is 127. The first kappa shape index (κ1) is 14.0. The number of alkyl carbamates (subject to hydrolysis) is 1. The number of nitrogens with one attached hydrogen (secondary N) is 2. The summed E-state index contributed by atoms with van der Waals surface area (Å²) in [7, 11) is 0. The summed E-state index contributed by atoms with van der Waals surface area (Å²) in [5.74, 6) is 0. The van der Waals surface area contributed by atoms with Gasteiger partial charge in [0.1, 0.15) is 5.60 Å². The minimum Gasteiger partial charge on any atom is -0.444 e. The van der Waals surface area contributed by atoms with Crippen molar-refractivity contribution in [2.24, 2.45) is 0 Å². The van der Waals surface area contributed by atoms with E-state index in [1.807, 2.05) is 20.8 Å². The van der Waals surface area contributed by atoms with Crippen molar-refractivity contribution in [3.63, 3.8) is 0 Å². The lowest BCUT2D eigenvalue weighted by molar-refractivity contribution is 0.0491. The van der Waals surface area contributed by atoms with Crippen molar-refractivity contribution in [2.75, 3.05) is 0 Å². The Hall–Kier alpha value is -0.0400. The van der Waals surface area contributed by atoms with Crippen molar-refractivity contribution >= 4 is 29.0 Å². The summed E-state index contributed by atoms with van der Waals surface area (Å²) in [6.45, 7) is 5.64. The molecule has 94 valence electrons. The minimum absolute atomic E-state index is 0.274. The van der Waals surface area contributed by atoms with Crippen molar-refractivity contribution in [1.82, 2.24) is 8.85 Å². The number of hydrogen-bond donors (Lipinski definition) is 2. The number of halogens is 1. The smallest absolute Gasteiger partial charge is 0.407 e. The highest BCUT2D eigenvalue weighted by molar-refractivity contribution is 14.1. The summed E-state index contributed by atoms with van der Waals surface area (Å²) in [4.78, 5) is 11.5. The Morgan fingerprint density at radius 1 is 1.19 bits per heavy atom. The van der Waals surface area contributed by atoms with Crippen LogP contribution in [0.3, 0.4) is 0 Å². The topological polar surface area (TPSA) is 50.4 Å². The maximum Gasteiger partial charge on any atom is 0.407 e. The van der Waals surface area contributed by atoms with Crippen molar-refractivity contribution in [1.29, 1.82) is 0 Å². The van der Waals surface area contributed by atoms with E-state index in [0.29, 0.717) is 6.04 Å². The number of amides is 1. The molecule has 0 aromatic carbocycles. The van der Waals surface area contributed by atoms with Crippen LogP contribution >= 0.6 is 22.9 Å². The average molecular weight is 340 g/mol. The van der Waals surface area contributed by atoms with E-state index in [1.54, 1.807) is 0 Å². The van der Waals surface area contributed by atoms with E-state index in [0.717, 1.165) is 25.7 Å². The van der Waals surface area contributed by atoms with E-state index >= 15 is 0 Å². The monoisotopic (exact) mass is 340 g/mol. The van der Waals surface area contributed by atoms with Crippen LogP contribution < -0.4 is 8.85 Å². The Labute approximate surface area is 111 Å². The maximum absolute atomic E-state index is 11.5. The van der Waals surface area contributed by atoms with Gasteiger partial charge in [-0.3, -0.25) is 3.53 Å². The second-order valence-electron chi connectivity index (χ2n) is 5.30. The van der Waals surface area contributed by atoms with Gasteiger partial charge in [0, 0.05) is 34.9 Å². The van der Waals surface area contributed by atoms with Gasteiger partial charge in [-0.25, -0.2) is 4.79 Å². The molecule has 5 heteroatoms. The summed E-state index contributed by atoms with van der Waals surface area (Å²) in [5.41, 5.74) is -0.412. The highest BCUT2D eigenvalue weighted by Gasteiger charge is 2.23. The van der Waals surface area contributed by atoms with Gasteiger partial charge in [0.25, 0.3) is 0 Å². The number of rotatable bonds is 2. The Bertz CT molecular complexity index is 233. The lowest BCUT2D eigenvalue weighted by Crippen LogP contribution is -2.42. The van der Waals surface area contributed by atoms with E-state index in [2.05, 4.69) is 31.7 Å². The second kappa shape index (κ2) is 6.05. The fourth-order valence-electron chi connectivity index (χ4n) is 1.82. The third kappa shape index (κ3) is 5.34. The van der Waals surface area contributed by atoms with Crippen LogP contribution in [-0.2, 0) is 4.74 Å². The molecule has 0 spiro atoms. The first-order chi connectivity index (χ1) is 7.40. The Kier molecular flexibility index (Phi) is 5.30.